The van der Waals surface area contributed by atoms with Crippen molar-refractivity contribution < 1.29 is 9.84 Å². The van der Waals surface area contributed by atoms with Crippen LogP contribution in [0.4, 0.5) is 0 Å². The minimum atomic E-state index is 0.246. The van der Waals surface area contributed by atoms with Crippen LogP contribution in [0.3, 0.4) is 0 Å². The fourth-order valence-electron chi connectivity index (χ4n) is 2.38. The van der Waals surface area contributed by atoms with Crippen LogP contribution in [0.2, 0.25) is 0 Å². The molecule has 1 N–H and O–H groups in total. The zero-order valence-electron chi connectivity index (χ0n) is 9.94. The highest BCUT2D eigenvalue weighted by Gasteiger charge is 2.20. The van der Waals surface area contributed by atoms with Gasteiger partial charge >= 0.3 is 0 Å². The van der Waals surface area contributed by atoms with Gasteiger partial charge in [-0.15, -0.1) is 0 Å². The molecule has 1 aromatic carbocycles. The van der Waals surface area contributed by atoms with Crippen molar-refractivity contribution in [2.75, 3.05) is 13.2 Å². The van der Waals surface area contributed by atoms with Gasteiger partial charge in [0.1, 0.15) is 0 Å². The minimum absolute atomic E-state index is 0.246. The Labute approximate surface area is 111 Å². The molecule has 2 unspecified atom stereocenters. The molecular formula is C14H19BrO2. The first-order valence-corrected chi connectivity index (χ1v) is 7.04. The zero-order valence-corrected chi connectivity index (χ0v) is 11.5. The van der Waals surface area contributed by atoms with Crippen LogP contribution >= 0.6 is 15.9 Å². The number of hydrogen-bond donors (Lipinski definition) is 1. The Morgan fingerprint density at radius 3 is 2.71 bits per heavy atom. The highest BCUT2D eigenvalue weighted by atomic mass is 79.9. The third-order valence-electron chi connectivity index (χ3n) is 3.32. The lowest BCUT2D eigenvalue weighted by Gasteiger charge is -2.18. The molecule has 0 spiro atoms. The van der Waals surface area contributed by atoms with Gasteiger partial charge < -0.3 is 9.84 Å². The summed E-state index contributed by atoms with van der Waals surface area (Å²) < 4.78 is 6.72. The Morgan fingerprint density at radius 1 is 1.35 bits per heavy atom. The summed E-state index contributed by atoms with van der Waals surface area (Å²) in [7, 11) is 0. The maximum Gasteiger partial charge on any atom is 0.0579 e. The highest BCUT2D eigenvalue weighted by molar-refractivity contribution is 9.10. The summed E-state index contributed by atoms with van der Waals surface area (Å²) >= 11 is 3.43. The largest absolute Gasteiger partial charge is 0.396 e. The van der Waals surface area contributed by atoms with Crippen molar-refractivity contribution in [3.05, 3.63) is 34.3 Å². The van der Waals surface area contributed by atoms with Gasteiger partial charge in [0, 0.05) is 17.7 Å². The molecule has 1 aliphatic rings. The van der Waals surface area contributed by atoms with Crippen molar-refractivity contribution in [2.45, 2.75) is 31.8 Å². The van der Waals surface area contributed by atoms with Crippen LogP contribution in [0.5, 0.6) is 0 Å². The Balaban J connectivity index is 1.87. The van der Waals surface area contributed by atoms with E-state index in [9.17, 15) is 5.11 Å². The number of ether oxygens (including phenoxy) is 1. The minimum Gasteiger partial charge on any atom is -0.396 e. The summed E-state index contributed by atoms with van der Waals surface area (Å²) in [5.41, 5.74) is 1.28. The molecule has 1 fully saturated rings. The molecule has 2 atom stereocenters. The van der Waals surface area contributed by atoms with Crippen LogP contribution in [-0.4, -0.2) is 24.4 Å². The first kappa shape index (κ1) is 13.1. The molecule has 0 saturated carbocycles. The lowest BCUT2D eigenvalue weighted by molar-refractivity contribution is 0.0766. The van der Waals surface area contributed by atoms with Crippen molar-refractivity contribution in [3.63, 3.8) is 0 Å². The number of benzene rings is 1. The van der Waals surface area contributed by atoms with Crippen LogP contribution < -0.4 is 0 Å². The monoisotopic (exact) mass is 298 g/mol. The Kier molecular flexibility index (Phi) is 5.01. The van der Waals surface area contributed by atoms with Crippen LogP contribution in [0.1, 0.15) is 24.8 Å². The van der Waals surface area contributed by atoms with E-state index in [0.717, 1.165) is 30.3 Å². The van der Waals surface area contributed by atoms with Crippen molar-refractivity contribution in [2.24, 2.45) is 5.92 Å². The Morgan fingerprint density at radius 2 is 2.12 bits per heavy atom. The first-order valence-electron chi connectivity index (χ1n) is 6.25. The van der Waals surface area contributed by atoms with E-state index in [4.69, 9.17) is 4.74 Å². The number of hydrogen-bond acceptors (Lipinski definition) is 2. The van der Waals surface area contributed by atoms with Gasteiger partial charge in [-0.05, 0) is 49.3 Å². The molecule has 0 radical (unpaired) electrons. The highest BCUT2D eigenvalue weighted by Crippen LogP contribution is 2.22. The van der Waals surface area contributed by atoms with Crippen molar-refractivity contribution in [1.29, 1.82) is 0 Å². The van der Waals surface area contributed by atoms with Crippen LogP contribution in [0, 0.1) is 5.92 Å². The number of halogens is 1. The van der Waals surface area contributed by atoms with Crippen LogP contribution in [0.25, 0.3) is 0 Å². The molecule has 1 heterocycles. The topological polar surface area (TPSA) is 29.5 Å². The fourth-order valence-corrected chi connectivity index (χ4v) is 2.64. The third kappa shape index (κ3) is 4.09. The van der Waals surface area contributed by atoms with Gasteiger partial charge in [-0.3, -0.25) is 0 Å². The molecule has 0 aromatic heterocycles. The molecule has 2 rings (SSSR count). The van der Waals surface area contributed by atoms with Crippen LogP contribution in [-0.2, 0) is 11.2 Å². The first-order chi connectivity index (χ1) is 8.28. The molecule has 0 aliphatic carbocycles. The van der Waals surface area contributed by atoms with E-state index >= 15 is 0 Å². The van der Waals surface area contributed by atoms with Gasteiger partial charge in [0.25, 0.3) is 0 Å². The second-order valence-corrected chi connectivity index (χ2v) is 5.67. The average Bonchev–Trinajstić information content (AvgIpc) is 2.84. The van der Waals surface area contributed by atoms with Gasteiger partial charge in [-0.1, -0.05) is 28.1 Å². The van der Waals surface area contributed by atoms with E-state index in [1.807, 2.05) is 0 Å². The standard InChI is InChI=1S/C14H19BrO2/c15-13-5-3-11(4-6-13)8-12(10-16)9-14-2-1-7-17-14/h3-6,12,14,16H,1-2,7-10H2. The Hall–Kier alpha value is -0.380. The predicted molar refractivity (Wildman–Crippen MR) is 72.0 cm³/mol. The molecule has 94 valence electrons. The van der Waals surface area contributed by atoms with Crippen molar-refractivity contribution >= 4 is 15.9 Å². The summed E-state index contributed by atoms with van der Waals surface area (Å²) in [6.45, 7) is 1.14. The van der Waals surface area contributed by atoms with E-state index in [1.54, 1.807) is 0 Å². The fraction of sp³-hybridized carbons (Fsp3) is 0.571. The molecular weight excluding hydrogens is 280 g/mol. The van der Waals surface area contributed by atoms with Gasteiger partial charge in [0.2, 0.25) is 0 Å². The van der Waals surface area contributed by atoms with E-state index in [0.29, 0.717) is 12.0 Å². The van der Waals surface area contributed by atoms with Gasteiger partial charge in [0.15, 0.2) is 0 Å². The molecule has 2 nitrogen and oxygen atoms in total. The average molecular weight is 299 g/mol. The van der Waals surface area contributed by atoms with Gasteiger partial charge in [-0.25, -0.2) is 0 Å². The second kappa shape index (κ2) is 6.53. The number of rotatable bonds is 5. The van der Waals surface area contributed by atoms with Gasteiger partial charge in [0.05, 0.1) is 6.10 Å². The molecule has 1 aromatic rings. The van der Waals surface area contributed by atoms with Crippen LogP contribution in [0.15, 0.2) is 28.7 Å². The quantitative estimate of drug-likeness (QED) is 0.905. The summed E-state index contributed by atoms with van der Waals surface area (Å²) in [5, 5.41) is 9.44. The van der Waals surface area contributed by atoms with Crippen molar-refractivity contribution in [3.8, 4) is 0 Å². The lowest BCUT2D eigenvalue weighted by atomic mass is 9.93. The SMILES string of the molecule is OCC(Cc1ccc(Br)cc1)CC1CCCO1. The molecule has 17 heavy (non-hydrogen) atoms. The molecule has 3 heteroatoms. The number of aliphatic hydroxyl groups excluding tert-OH is 1. The number of aliphatic hydroxyl groups is 1. The summed E-state index contributed by atoms with van der Waals surface area (Å²) in [5.74, 6) is 0.319. The van der Waals surface area contributed by atoms with Gasteiger partial charge in [-0.2, -0.15) is 0 Å². The zero-order chi connectivity index (χ0) is 12.1. The van der Waals surface area contributed by atoms with E-state index < -0.39 is 0 Å². The summed E-state index contributed by atoms with van der Waals surface area (Å²) in [6.07, 6.45) is 4.59. The Bertz CT molecular complexity index is 331. The van der Waals surface area contributed by atoms with E-state index in [1.165, 1.54) is 12.0 Å². The molecule has 0 bridgehead atoms. The molecule has 1 aliphatic heterocycles. The smallest absolute Gasteiger partial charge is 0.0579 e. The molecule has 1 saturated heterocycles. The second-order valence-electron chi connectivity index (χ2n) is 4.75. The predicted octanol–water partition coefficient (Wildman–Crippen LogP) is 3.17. The molecule has 0 amide bonds. The van der Waals surface area contributed by atoms with Crippen molar-refractivity contribution in [1.82, 2.24) is 0 Å². The lowest BCUT2D eigenvalue weighted by Crippen LogP contribution is -2.18. The maximum absolute atomic E-state index is 9.44. The maximum atomic E-state index is 9.44. The summed E-state index contributed by atoms with van der Waals surface area (Å²) in [4.78, 5) is 0. The third-order valence-corrected chi connectivity index (χ3v) is 3.84. The normalized spacial score (nSPS) is 21.6. The van der Waals surface area contributed by atoms with E-state index in [2.05, 4.69) is 40.2 Å². The summed E-state index contributed by atoms with van der Waals surface area (Å²) in [6, 6.07) is 8.33. The van der Waals surface area contributed by atoms with E-state index in [-0.39, 0.29) is 6.61 Å².